The van der Waals surface area contributed by atoms with Crippen molar-refractivity contribution in [3.8, 4) is 11.3 Å². The quantitative estimate of drug-likeness (QED) is 0.0755. The van der Waals surface area contributed by atoms with E-state index in [1.54, 1.807) is 5.38 Å². The molecule has 2 N–H and O–H groups in total. The average molecular weight is 679 g/mol. The topological polar surface area (TPSA) is 85.1 Å². The van der Waals surface area contributed by atoms with Crippen LogP contribution in [0.15, 0.2) is 109 Å². The summed E-state index contributed by atoms with van der Waals surface area (Å²) in [6.07, 6.45) is -2.68. The van der Waals surface area contributed by atoms with Crippen molar-refractivity contribution in [2.45, 2.75) is 44.4 Å². The van der Waals surface area contributed by atoms with E-state index < -0.39 is 42.0 Å². The third kappa shape index (κ3) is 10.0. The smallest absolute Gasteiger partial charge is 0.194 e. The van der Waals surface area contributed by atoms with Gasteiger partial charge in [-0.15, -0.1) is 11.3 Å². The van der Waals surface area contributed by atoms with Crippen molar-refractivity contribution >= 4 is 11.3 Å². The molecule has 0 amide bonds. The molecule has 1 heterocycles. The Kier molecular flexibility index (Phi) is 13.3. The molecule has 0 fully saturated rings. The van der Waals surface area contributed by atoms with E-state index >= 15 is 0 Å². The summed E-state index contributed by atoms with van der Waals surface area (Å²) in [6, 6.07) is 30.8. The molecular formula is C37H37F3N2O5S. The third-order valence-electron chi connectivity index (χ3n) is 7.41. The highest BCUT2D eigenvalue weighted by atomic mass is 32.1. The molecule has 0 saturated carbocycles. The zero-order chi connectivity index (χ0) is 33.7. The molecular weight excluding hydrogens is 641 g/mol. The number of ether oxygens (including phenoxy) is 5. The molecule has 1 aromatic heterocycles. The zero-order valence-electron chi connectivity index (χ0n) is 26.3. The standard InChI is InChI=1S/C37H37F3N2O5S/c1-43-37(47-33(41)23-45-20-26-13-7-3-8-14-26)35(46-21-27-15-9-4-10-16-27)29(22-44-19-25-11-5-2-6-12-25)36-42-32(24-48-36)28-17-30(38)34(40)31(39)18-28/h2-18,24,29,33,35,37H,19-23,41H2,1H3/t29-,33?,35?,37?/m1/s1. The van der Waals surface area contributed by atoms with Gasteiger partial charge in [0.2, 0.25) is 0 Å². The minimum Gasteiger partial charge on any atom is -0.376 e. The summed E-state index contributed by atoms with van der Waals surface area (Å²) in [5.41, 5.74) is 9.60. The number of aromatic nitrogens is 1. The molecule has 7 nitrogen and oxygen atoms in total. The number of benzene rings is 4. The second kappa shape index (κ2) is 18.0. The Labute approximate surface area is 282 Å². The molecule has 252 valence electrons. The molecule has 0 aliphatic carbocycles. The van der Waals surface area contributed by atoms with Crippen LogP contribution in [0.1, 0.15) is 27.6 Å². The van der Waals surface area contributed by atoms with Gasteiger partial charge in [-0.2, -0.15) is 0 Å². The molecule has 0 spiro atoms. The molecule has 4 aromatic carbocycles. The fourth-order valence-corrected chi connectivity index (χ4v) is 5.92. The molecule has 0 bridgehead atoms. The Balaban J connectivity index is 1.41. The number of nitrogens with zero attached hydrogens (tertiary/aromatic N) is 1. The van der Waals surface area contributed by atoms with Crippen molar-refractivity contribution in [1.29, 1.82) is 0 Å². The van der Waals surface area contributed by atoms with E-state index in [1.807, 2.05) is 91.0 Å². The highest BCUT2D eigenvalue weighted by Gasteiger charge is 2.36. The fourth-order valence-electron chi connectivity index (χ4n) is 4.98. The maximum atomic E-state index is 14.1. The Bertz CT molecular complexity index is 1660. The molecule has 0 aliphatic heterocycles. The highest BCUT2D eigenvalue weighted by molar-refractivity contribution is 7.10. The van der Waals surface area contributed by atoms with Crippen LogP contribution < -0.4 is 5.73 Å². The van der Waals surface area contributed by atoms with Crippen molar-refractivity contribution in [3.05, 3.63) is 148 Å². The monoisotopic (exact) mass is 678 g/mol. The number of thiazole rings is 1. The van der Waals surface area contributed by atoms with Crippen molar-refractivity contribution < 1.29 is 36.9 Å². The number of methoxy groups -OCH3 is 1. The molecule has 5 rings (SSSR count). The minimum atomic E-state index is -1.54. The first kappa shape index (κ1) is 35.4. The Hall–Kier alpha value is -3.94. The van der Waals surface area contributed by atoms with Crippen LogP contribution in [0.5, 0.6) is 0 Å². The lowest BCUT2D eigenvalue weighted by atomic mass is 10.0. The van der Waals surface area contributed by atoms with Crippen LogP contribution in [0.2, 0.25) is 0 Å². The minimum absolute atomic E-state index is 0.0818. The largest absolute Gasteiger partial charge is 0.376 e. The first-order valence-electron chi connectivity index (χ1n) is 15.3. The van der Waals surface area contributed by atoms with Crippen LogP contribution in [0.25, 0.3) is 11.3 Å². The van der Waals surface area contributed by atoms with Crippen molar-refractivity contribution in [1.82, 2.24) is 4.98 Å². The normalized spacial score (nSPS) is 14.0. The van der Waals surface area contributed by atoms with Crippen LogP contribution in [0.3, 0.4) is 0 Å². The van der Waals surface area contributed by atoms with Gasteiger partial charge in [0.15, 0.2) is 23.7 Å². The summed E-state index contributed by atoms with van der Waals surface area (Å²) in [4.78, 5) is 4.71. The predicted octanol–water partition coefficient (Wildman–Crippen LogP) is 7.60. The molecule has 48 heavy (non-hydrogen) atoms. The van der Waals surface area contributed by atoms with E-state index in [1.165, 1.54) is 18.4 Å². The van der Waals surface area contributed by atoms with Gasteiger partial charge in [-0.1, -0.05) is 91.0 Å². The van der Waals surface area contributed by atoms with Crippen molar-refractivity contribution in [3.63, 3.8) is 0 Å². The van der Waals surface area contributed by atoms with Gasteiger partial charge in [-0.3, -0.25) is 0 Å². The Morgan fingerprint density at radius 2 is 1.25 bits per heavy atom. The van der Waals surface area contributed by atoms with Crippen molar-refractivity contribution in [2.75, 3.05) is 20.3 Å². The van der Waals surface area contributed by atoms with E-state index in [-0.39, 0.29) is 31.1 Å². The highest BCUT2D eigenvalue weighted by Crippen LogP contribution is 2.34. The first-order valence-corrected chi connectivity index (χ1v) is 16.2. The maximum Gasteiger partial charge on any atom is 0.194 e. The number of halogens is 3. The number of rotatable bonds is 18. The number of hydrogen-bond donors (Lipinski definition) is 1. The van der Waals surface area contributed by atoms with Gasteiger partial charge in [-0.25, -0.2) is 18.2 Å². The van der Waals surface area contributed by atoms with E-state index in [4.69, 9.17) is 34.4 Å². The van der Waals surface area contributed by atoms with E-state index in [0.29, 0.717) is 18.2 Å². The van der Waals surface area contributed by atoms with E-state index in [0.717, 1.165) is 28.8 Å². The summed E-state index contributed by atoms with van der Waals surface area (Å²) in [6.45, 7) is 1.07. The summed E-state index contributed by atoms with van der Waals surface area (Å²) >= 11 is 1.25. The Morgan fingerprint density at radius 3 is 1.79 bits per heavy atom. The van der Waals surface area contributed by atoms with Gasteiger partial charge in [0.25, 0.3) is 0 Å². The zero-order valence-corrected chi connectivity index (χ0v) is 27.2. The molecule has 3 unspecified atom stereocenters. The lowest BCUT2D eigenvalue weighted by molar-refractivity contribution is -0.232. The Morgan fingerprint density at radius 1 is 0.729 bits per heavy atom. The maximum absolute atomic E-state index is 14.1. The number of nitrogens with two attached hydrogens (primary N) is 1. The summed E-state index contributed by atoms with van der Waals surface area (Å²) < 4.78 is 72.5. The molecule has 4 atom stereocenters. The second-order valence-corrected chi connectivity index (χ2v) is 11.9. The lowest BCUT2D eigenvalue weighted by Crippen LogP contribution is -2.45. The van der Waals surface area contributed by atoms with Crippen molar-refractivity contribution in [2.24, 2.45) is 5.73 Å². The summed E-state index contributed by atoms with van der Waals surface area (Å²) in [7, 11) is 1.49. The fraction of sp³-hybridized carbons (Fsp3) is 0.270. The predicted molar refractivity (Wildman–Crippen MR) is 177 cm³/mol. The molecule has 0 saturated heterocycles. The van der Waals surface area contributed by atoms with Gasteiger partial charge >= 0.3 is 0 Å². The van der Waals surface area contributed by atoms with Gasteiger partial charge in [0.05, 0.1) is 44.6 Å². The summed E-state index contributed by atoms with van der Waals surface area (Å²) in [5, 5.41) is 2.17. The van der Waals surface area contributed by atoms with Crippen LogP contribution in [-0.2, 0) is 43.5 Å². The van der Waals surface area contributed by atoms with Crippen LogP contribution in [0, 0.1) is 17.5 Å². The van der Waals surface area contributed by atoms with Gasteiger partial charge in [0.1, 0.15) is 17.3 Å². The van der Waals surface area contributed by atoms with Gasteiger partial charge < -0.3 is 29.4 Å². The average Bonchev–Trinajstić information content (AvgIpc) is 3.60. The van der Waals surface area contributed by atoms with Gasteiger partial charge in [-0.05, 0) is 28.8 Å². The summed E-state index contributed by atoms with van der Waals surface area (Å²) in [5.74, 6) is -4.74. The molecule has 0 aliphatic rings. The van der Waals surface area contributed by atoms with Crippen LogP contribution in [-0.4, -0.2) is 43.9 Å². The molecule has 0 radical (unpaired) electrons. The van der Waals surface area contributed by atoms with E-state index in [9.17, 15) is 13.2 Å². The SMILES string of the molecule is COC(OC(N)COCc1ccccc1)C(OCc1ccccc1)[C@@H](COCc1ccccc1)c1nc(-c2cc(F)c(F)c(F)c2)cs1. The third-order valence-corrected chi connectivity index (χ3v) is 8.39. The van der Waals surface area contributed by atoms with Crippen LogP contribution in [0.4, 0.5) is 13.2 Å². The lowest BCUT2D eigenvalue weighted by Gasteiger charge is -2.33. The first-order chi connectivity index (χ1) is 23.4. The van der Waals surface area contributed by atoms with E-state index in [2.05, 4.69) is 0 Å². The number of hydrogen-bond acceptors (Lipinski definition) is 8. The molecule has 5 aromatic rings. The van der Waals surface area contributed by atoms with Crippen LogP contribution >= 0.6 is 11.3 Å². The second-order valence-electron chi connectivity index (χ2n) is 11.0. The molecule has 11 heteroatoms. The van der Waals surface area contributed by atoms with Gasteiger partial charge in [0, 0.05) is 18.1 Å².